The van der Waals surface area contributed by atoms with Gasteiger partial charge in [-0.25, -0.2) is 9.78 Å². The maximum atomic E-state index is 12.3. The summed E-state index contributed by atoms with van der Waals surface area (Å²) < 4.78 is 5.32. The third-order valence-corrected chi connectivity index (χ3v) is 5.35. The molecule has 1 aromatic carbocycles. The number of benzene rings is 1. The van der Waals surface area contributed by atoms with Gasteiger partial charge in [0.15, 0.2) is 0 Å². The molecule has 1 saturated heterocycles. The van der Waals surface area contributed by atoms with E-state index >= 15 is 0 Å². The number of carbonyl (C=O) groups excluding carboxylic acids is 1. The fraction of sp³-hybridized carbons (Fsp3) is 0.476. The molecule has 0 bridgehead atoms. The average molecular weight is 366 g/mol. The average Bonchev–Trinajstić information content (AvgIpc) is 2.88. The van der Waals surface area contributed by atoms with E-state index in [1.165, 1.54) is 31.2 Å². The van der Waals surface area contributed by atoms with E-state index in [4.69, 9.17) is 4.74 Å². The largest absolute Gasteiger partial charge is 0.447 e. The summed E-state index contributed by atoms with van der Waals surface area (Å²) in [5.41, 5.74) is 1.18. The Hall–Kier alpha value is -2.63. The number of rotatable bonds is 5. The minimum Gasteiger partial charge on any atom is -0.447 e. The van der Waals surface area contributed by atoms with Crippen LogP contribution in [0.15, 0.2) is 42.6 Å². The van der Waals surface area contributed by atoms with Gasteiger partial charge >= 0.3 is 6.09 Å². The van der Waals surface area contributed by atoms with Gasteiger partial charge in [-0.3, -0.25) is 4.90 Å². The first-order valence-corrected chi connectivity index (χ1v) is 9.89. The third-order valence-electron chi connectivity index (χ3n) is 5.35. The lowest BCUT2D eigenvalue weighted by molar-refractivity contribution is 0.178. The molecule has 2 aromatic rings. The summed E-state index contributed by atoms with van der Waals surface area (Å²) in [6.07, 6.45) is 9.51. The minimum absolute atomic E-state index is 0.0551. The lowest BCUT2D eigenvalue weighted by Crippen LogP contribution is -2.36. The maximum Gasteiger partial charge on any atom is 0.415 e. The molecule has 1 amide bonds. The molecule has 1 aliphatic carbocycles. The normalized spacial score (nSPS) is 21.0. The molecule has 1 aromatic heterocycles. The zero-order valence-corrected chi connectivity index (χ0v) is 15.5. The Morgan fingerprint density at radius 3 is 2.63 bits per heavy atom. The molecule has 0 spiro atoms. The molecule has 1 aliphatic heterocycles. The predicted octanol–water partition coefficient (Wildman–Crippen LogP) is 4.18. The molecular weight excluding hydrogens is 340 g/mol. The maximum absolute atomic E-state index is 12.3. The fourth-order valence-electron chi connectivity index (χ4n) is 3.94. The van der Waals surface area contributed by atoms with E-state index in [1.54, 1.807) is 17.2 Å². The minimum atomic E-state index is -0.338. The Kier molecular flexibility index (Phi) is 5.51. The molecule has 142 valence electrons. The van der Waals surface area contributed by atoms with Gasteiger partial charge in [-0.1, -0.05) is 56.0 Å². The number of carbonyl (C=O) groups is 1. The highest BCUT2D eigenvalue weighted by atomic mass is 16.6. The third kappa shape index (κ3) is 4.38. The number of anilines is 2. The highest BCUT2D eigenvalue weighted by molar-refractivity contribution is 5.89. The molecule has 1 unspecified atom stereocenters. The van der Waals surface area contributed by atoms with Gasteiger partial charge in [0.25, 0.3) is 0 Å². The molecule has 2 fully saturated rings. The van der Waals surface area contributed by atoms with E-state index < -0.39 is 0 Å². The van der Waals surface area contributed by atoms with Crippen molar-refractivity contribution in [3.05, 3.63) is 48.2 Å². The Labute approximate surface area is 160 Å². The summed E-state index contributed by atoms with van der Waals surface area (Å²) in [6, 6.07) is 12.3. The van der Waals surface area contributed by atoms with Crippen LogP contribution in [-0.2, 0) is 11.2 Å². The van der Waals surface area contributed by atoms with Crippen molar-refractivity contribution < 1.29 is 9.53 Å². The van der Waals surface area contributed by atoms with Gasteiger partial charge in [0, 0.05) is 12.2 Å². The van der Waals surface area contributed by atoms with Gasteiger partial charge in [-0.05, 0) is 30.9 Å². The molecule has 1 N–H and O–H groups in total. The first-order chi connectivity index (χ1) is 13.3. The van der Waals surface area contributed by atoms with Crippen molar-refractivity contribution >= 4 is 17.9 Å². The number of aromatic nitrogens is 2. The highest BCUT2D eigenvalue weighted by Crippen LogP contribution is 2.25. The Balaban J connectivity index is 1.49. The second kappa shape index (κ2) is 8.37. The van der Waals surface area contributed by atoms with E-state index in [-0.39, 0.29) is 12.1 Å². The van der Waals surface area contributed by atoms with Crippen LogP contribution in [0.25, 0.3) is 0 Å². The highest BCUT2D eigenvalue weighted by Gasteiger charge is 2.35. The second-order valence-corrected chi connectivity index (χ2v) is 7.36. The van der Waals surface area contributed by atoms with Crippen molar-refractivity contribution in [3.63, 3.8) is 0 Å². The predicted molar refractivity (Wildman–Crippen MR) is 105 cm³/mol. The number of hydrogen-bond donors (Lipinski definition) is 1. The molecule has 4 rings (SSSR count). The van der Waals surface area contributed by atoms with Crippen LogP contribution in [0.1, 0.15) is 44.1 Å². The summed E-state index contributed by atoms with van der Waals surface area (Å²) in [5, 5.41) is 3.46. The van der Waals surface area contributed by atoms with Crippen LogP contribution >= 0.6 is 0 Å². The zero-order chi connectivity index (χ0) is 18.5. The van der Waals surface area contributed by atoms with Crippen LogP contribution in [0, 0.1) is 0 Å². The summed E-state index contributed by atoms with van der Waals surface area (Å²) in [7, 11) is 0. The van der Waals surface area contributed by atoms with Crippen LogP contribution in [0.5, 0.6) is 0 Å². The lowest BCUT2D eigenvalue weighted by atomic mass is 10.1. The molecular formula is C21H26N4O2. The number of cyclic esters (lactones) is 1. The number of amides is 1. The lowest BCUT2D eigenvalue weighted by Gasteiger charge is -2.22. The first-order valence-electron chi connectivity index (χ1n) is 9.89. The standard InChI is InChI=1S/C21H26N4O2/c26-21-25(18(15-27-21)14-16-8-4-3-5-9-16)19-12-13-22-20(24-19)23-17-10-6-1-2-7-11-17/h3-5,8-9,12-13,17-18H,1-2,6-7,10-11,14-15H2,(H,22,23,24). The van der Waals surface area contributed by atoms with E-state index in [1.807, 2.05) is 18.2 Å². The van der Waals surface area contributed by atoms with Crippen molar-refractivity contribution in [1.82, 2.24) is 9.97 Å². The van der Waals surface area contributed by atoms with Crippen LogP contribution in [0.3, 0.4) is 0 Å². The summed E-state index contributed by atoms with van der Waals surface area (Å²) in [6.45, 7) is 0.378. The molecule has 27 heavy (non-hydrogen) atoms. The van der Waals surface area contributed by atoms with Crippen LogP contribution in [0.2, 0.25) is 0 Å². The van der Waals surface area contributed by atoms with Gasteiger partial charge < -0.3 is 10.1 Å². The molecule has 0 radical (unpaired) electrons. The van der Waals surface area contributed by atoms with Crippen molar-refractivity contribution in [1.29, 1.82) is 0 Å². The number of nitrogens with one attached hydrogen (secondary N) is 1. The second-order valence-electron chi connectivity index (χ2n) is 7.36. The summed E-state index contributed by atoms with van der Waals surface area (Å²) in [5.74, 6) is 1.20. The topological polar surface area (TPSA) is 67.3 Å². The van der Waals surface area contributed by atoms with Crippen LogP contribution in [0.4, 0.5) is 16.6 Å². The van der Waals surface area contributed by atoms with Crippen molar-refractivity contribution in [3.8, 4) is 0 Å². The van der Waals surface area contributed by atoms with Gasteiger partial charge in [-0.2, -0.15) is 4.98 Å². The molecule has 2 heterocycles. The molecule has 1 saturated carbocycles. The zero-order valence-electron chi connectivity index (χ0n) is 15.5. The molecule has 1 atom stereocenters. The van der Waals surface area contributed by atoms with Crippen molar-refractivity contribution in [2.75, 3.05) is 16.8 Å². The SMILES string of the molecule is O=C1OCC(Cc2ccccc2)N1c1ccnc(NC2CCCCCC2)n1. The van der Waals surface area contributed by atoms with E-state index in [0.29, 0.717) is 24.4 Å². The molecule has 6 nitrogen and oxygen atoms in total. The fourth-order valence-corrected chi connectivity index (χ4v) is 3.94. The Morgan fingerprint density at radius 2 is 1.85 bits per heavy atom. The number of hydrogen-bond acceptors (Lipinski definition) is 5. The van der Waals surface area contributed by atoms with E-state index in [0.717, 1.165) is 19.3 Å². The molecule has 6 heteroatoms. The van der Waals surface area contributed by atoms with Crippen molar-refractivity contribution in [2.24, 2.45) is 0 Å². The first kappa shape index (κ1) is 17.8. The summed E-state index contributed by atoms with van der Waals surface area (Å²) in [4.78, 5) is 23.0. The smallest absolute Gasteiger partial charge is 0.415 e. The summed E-state index contributed by atoms with van der Waals surface area (Å²) >= 11 is 0. The number of ether oxygens (including phenoxy) is 1. The Morgan fingerprint density at radius 1 is 1.07 bits per heavy atom. The van der Waals surface area contributed by atoms with Gasteiger partial charge in [0.05, 0.1) is 6.04 Å². The van der Waals surface area contributed by atoms with Gasteiger partial charge in [0.2, 0.25) is 5.95 Å². The van der Waals surface area contributed by atoms with Crippen LogP contribution in [-0.4, -0.2) is 34.8 Å². The van der Waals surface area contributed by atoms with E-state index in [2.05, 4.69) is 27.4 Å². The Bertz CT molecular complexity index is 760. The van der Waals surface area contributed by atoms with Crippen molar-refractivity contribution in [2.45, 2.75) is 57.0 Å². The van der Waals surface area contributed by atoms with Gasteiger partial charge in [-0.15, -0.1) is 0 Å². The molecule has 2 aliphatic rings. The van der Waals surface area contributed by atoms with Gasteiger partial charge in [0.1, 0.15) is 12.4 Å². The quantitative estimate of drug-likeness (QED) is 0.804. The monoisotopic (exact) mass is 366 g/mol. The van der Waals surface area contributed by atoms with E-state index in [9.17, 15) is 4.79 Å². The number of nitrogens with zero attached hydrogens (tertiary/aromatic N) is 3. The van der Waals surface area contributed by atoms with Crippen LogP contribution < -0.4 is 10.2 Å².